The summed E-state index contributed by atoms with van der Waals surface area (Å²) in [5, 5.41) is 7.84. The van der Waals surface area contributed by atoms with E-state index in [2.05, 4.69) is 28.1 Å². The summed E-state index contributed by atoms with van der Waals surface area (Å²) in [6, 6.07) is 4.15. The molecular weight excluding hydrogens is 288 g/mol. The van der Waals surface area contributed by atoms with Crippen LogP contribution in [-0.4, -0.2) is 30.4 Å². The molecule has 23 heavy (non-hydrogen) atoms. The van der Waals surface area contributed by atoms with Gasteiger partial charge in [-0.1, -0.05) is 23.9 Å². The molecule has 1 unspecified atom stereocenters. The number of aryl methyl sites for hydroxylation is 1. The monoisotopic (exact) mass is 314 g/mol. The zero-order chi connectivity index (χ0) is 16.1. The Labute approximate surface area is 138 Å². The van der Waals surface area contributed by atoms with Crippen molar-refractivity contribution in [3.05, 3.63) is 42.2 Å². The third kappa shape index (κ3) is 3.16. The van der Waals surface area contributed by atoms with Crippen molar-refractivity contribution >= 4 is 5.71 Å². The first-order chi connectivity index (χ1) is 11.3. The fraction of sp³-hybridized carbons (Fsp3) is 0.556. The van der Waals surface area contributed by atoms with Gasteiger partial charge in [-0.25, -0.2) is 0 Å². The first-order valence-electron chi connectivity index (χ1n) is 8.51. The number of fused-ring (bicyclic) bond motifs is 1. The number of nitrogens with zero attached hydrogens (tertiary/aromatic N) is 2. The van der Waals surface area contributed by atoms with Crippen LogP contribution in [0.4, 0.5) is 0 Å². The third-order valence-corrected chi connectivity index (χ3v) is 4.97. The second-order valence-electron chi connectivity index (χ2n) is 6.38. The van der Waals surface area contributed by atoms with Gasteiger partial charge in [0.2, 0.25) is 0 Å². The highest BCUT2D eigenvalue weighted by Crippen LogP contribution is 2.38. The highest BCUT2D eigenvalue weighted by atomic mass is 16.6. The molecule has 124 valence electrons. The van der Waals surface area contributed by atoms with E-state index in [0.29, 0.717) is 12.5 Å². The van der Waals surface area contributed by atoms with E-state index in [-0.39, 0.29) is 0 Å². The van der Waals surface area contributed by atoms with Crippen LogP contribution in [0.1, 0.15) is 36.9 Å². The number of nitrogens with two attached hydrogens (primary N) is 1. The summed E-state index contributed by atoms with van der Waals surface area (Å²) in [4.78, 5) is 10.1. The summed E-state index contributed by atoms with van der Waals surface area (Å²) >= 11 is 0. The van der Waals surface area contributed by atoms with E-state index in [1.807, 2.05) is 12.3 Å². The van der Waals surface area contributed by atoms with E-state index in [4.69, 9.17) is 10.6 Å². The molecule has 0 saturated carbocycles. The maximum absolute atomic E-state index is 7.05. The molecule has 0 aromatic carbocycles. The number of hydrogen-bond donors (Lipinski definition) is 2. The van der Waals surface area contributed by atoms with Crippen molar-refractivity contribution in [2.24, 2.45) is 16.8 Å². The molecule has 0 amide bonds. The van der Waals surface area contributed by atoms with Crippen LogP contribution in [0.3, 0.4) is 0 Å². The summed E-state index contributed by atoms with van der Waals surface area (Å²) in [6.07, 6.45) is 8.49. The average molecular weight is 314 g/mol. The molecule has 0 spiro atoms. The van der Waals surface area contributed by atoms with Crippen molar-refractivity contribution in [3.8, 4) is 0 Å². The zero-order valence-corrected chi connectivity index (χ0v) is 13.6. The van der Waals surface area contributed by atoms with E-state index in [1.54, 1.807) is 6.08 Å². The van der Waals surface area contributed by atoms with Gasteiger partial charge >= 0.3 is 0 Å². The van der Waals surface area contributed by atoms with Gasteiger partial charge in [0.05, 0.1) is 11.4 Å². The predicted octanol–water partition coefficient (Wildman–Crippen LogP) is 2.13. The Morgan fingerprint density at radius 2 is 2.26 bits per heavy atom. The van der Waals surface area contributed by atoms with E-state index >= 15 is 0 Å². The van der Waals surface area contributed by atoms with Crippen LogP contribution in [0, 0.1) is 5.92 Å². The lowest BCUT2D eigenvalue weighted by Gasteiger charge is -2.40. The van der Waals surface area contributed by atoms with Gasteiger partial charge in [0.25, 0.3) is 0 Å². The number of rotatable bonds is 4. The average Bonchev–Trinajstić information content (AvgIpc) is 2.74. The number of hydrogen-bond acceptors (Lipinski definition) is 5. The van der Waals surface area contributed by atoms with E-state index in [9.17, 15) is 0 Å². The van der Waals surface area contributed by atoms with Gasteiger partial charge in [0, 0.05) is 6.20 Å². The summed E-state index contributed by atoms with van der Waals surface area (Å²) in [5.41, 5.74) is 9.59. The summed E-state index contributed by atoms with van der Waals surface area (Å²) in [5.74, 6) is 0.335. The molecule has 1 saturated heterocycles. The van der Waals surface area contributed by atoms with Crippen LogP contribution >= 0.6 is 0 Å². The van der Waals surface area contributed by atoms with Gasteiger partial charge in [0.1, 0.15) is 12.1 Å². The highest BCUT2D eigenvalue weighted by molar-refractivity contribution is 5.94. The molecule has 3 rings (SSSR count). The Balaban J connectivity index is 2.04. The molecule has 2 aliphatic rings. The first-order valence-corrected chi connectivity index (χ1v) is 8.51. The Kier molecular flexibility index (Phi) is 5.08. The van der Waals surface area contributed by atoms with Crippen molar-refractivity contribution in [1.29, 1.82) is 0 Å². The normalized spacial score (nSPS) is 27.3. The number of pyridine rings is 1. The molecule has 5 nitrogen and oxygen atoms in total. The second kappa shape index (κ2) is 7.23. The van der Waals surface area contributed by atoms with Crippen LogP contribution in [0.15, 0.2) is 36.1 Å². The topological polar surface area (TPSA) is 72.5 Å². The summed E-state index contributed by atoms with van der Waals surface area (Å²) in [7, 11) is 0. The molecule has 2 heterocycles. The summed E-state index contributed by atoms with van der Waals surface area (Å²) < 4.78 is 0. The highest BCUT2D eigenvalue weighted by Gasteiger charge is 2.45. The minimum Gasteiger partial charge on any atom is -0.392 e. The number of piperidine rings is 1. The molecule has 1 aliphatic heterocycles. The molecule has 1 atom stereocenters. The van der Waals surface area contributed by atoms with Crippen molar-refractivity contribution in [2.45, 2.75) is 37.6 Å². The van der Waals surface area contributed by atoms with Gasteiger partial charge < -0.3 is 15.9 Å². The van der Waals surface area contributed by atoms with Crippen LogP contribution in [-0.2, 0) is 16.8 Å². The Morgan fingerprint density at radius 3 is 3.04 bits per heavy atom. The van der Waals surface area contributed by atoms with Crippen LogP contribution < -0.4 is 11.1 Å². The number of nitrogens with one attached hydrogen (secondary N) is 1. The number of oxime groups is 1. The molecule has 5 heteroatoms. The van der Waals surface area contributed by atoms with Gasteiger partial charge in [-0.2, -0.15) is 0 Å². The Hall–Kier alpha value is -1.72. The van der Waals surface area contributed by atoms with Crippen LogP contribution in [0.2, 0.25) is 0 Å². The van der Waals surface area contributed by atoms with Crippen molar-refractivity contribution in [1.82, 2.24) is 10.3 Å². The Morgan fingerprint density at radius 1 is 1.43 bits per heavy atom. The van der Waals surface area contributed by atoms with E-state index in [0.717, 1.165) is 56.6 Å². The lowest BCUT2D eigenvalue weighted by Crippen LogP contribution is -2.54. The minimum absolute atomic E-state index is 0.335. The molecule has 0 radical (unpaired) electrons. The lowest BCUT2D eigenvalue weighted by atomic mass is 9.72. The maximum Gasteiger partial charge on any atom is 0.135 e. The predicted molar refractivity (Wildman–Crippen MR) is 92.2 cm³/mol. The van der Waals surface area contributed by atoms with Gasteiger partial charge in [-0.15, -0.1) is 0 Å². The zero-order valence-electron chi connectivity index (χ0n) is 13.6. The summed E-state index contributed by atoms with van der Waals surface area (Å²) in [6.45, 7) is 6.07. The smallest absolute Gasteiger partial charge is 0.135 e. The molecule has 1 aromatic rings. The van der Waals surface area contributed by atoms with E-state index in [1.165, 1.54) is 5.56 Å². The molecule has 3 N–H and O–H groups in total. The van der Waals surface area contributed by atoms with Gasteiger partial charge in [-0.3, -0.25) is 4.98 Å². The molecular formula is C18H26N4O. The largest absolute Gasteiger partial charge is 0.392 e. The molecule has 1 fully saturated rings. The molecule has 0 bridgehead atoms. The van der Waals surface area contributed by atoms with Crippen molar-refractivity contribution in [3.63, 3.8) is 0 Å². The number of aromatic nitrogens is 1. The van der Waals surface area contributed by atoms with Gasteiger partial charge in [-0.05, 0) is 62.7 Å². The maximum atomic E-state index is 7.05. The van der Waals surface area contributed by atoms with E-state index < -0.39 is 5.54 Å². The fourth-order valence-electron chi connectivity index (χ4n) is 3.80. The van der Waals surface area contributed by atoms with Crippen molar-refractivity contribution in [2.75, 3.05) is 19.7 Å². The SMILES string of the molecule is C=CCO/N=C1\CCCc2cccnc2C1(N)C1CCNCC1. The molecule has 1 aliphatic carbocycles. The second-order valence-corrected chi connectivity index (χ2v) is 6.38. The third-order valence-electron chi connectivity index (χ3n) is 4.97. The van der Waals surface area contributed by atoms with Crippen LogP contribution in [0.5, 0.6) is 0 Å². The quantitative estimate of drug-likeness (QED) is 0.386. The minimum atomic E-state index is -0.629. The fourth-order valence-corrected chi connectivity index (χ4v) is 3.80. The molecule has 1 aromatic heterocycles. The van der Waals surface area contributed by atoms with Crippen LogP contribution in [0.25, 0.3) is 0 Å². The lowest BCUT2D eigenvalue weighted by molar-refractivity contribution is 0.166. The first kappa shape index (κ1) is 16.1. The van der Waals surface area contributed by atoms with Crippen molar-refractivity contribution < 1.29 is 4.84 Å². The Bertz CT molecular complexity index is 580. The standard InChI is InChI=1S/C18H26N4O/c1-2-13-23-22-16-7-3-5-14-6-4-10-21-17(14)18(16,19)15-8-11-20-12-9-15/h2,4,6,10,15,20H,1,3,5,7-9,11-13,19H2/b22-16+. The van der Waals surface area contributed by atoms with Gasteiger partial charge in [0.15, 0.2) is 0 Å².